The lowest BCUT2D eigenvalue weighted by molar-refractivity contribution is -0.113. The molecule has 1 N–H and O–H groups in total. The number of fused-ring (bicyclic) bond motifs is 4. The first-order valence-electron chi connectivity index (χ1n) is 10.8. The van der Waals surface area contributed by atoms with Gasteiger partial charge in [0.15, 0.2) is 11.5 Å². The molecule has 1 aromatic carbocycles. The number of ether oxygens (including phenoxy) is 2. The van der Waals surface area contributed by atoms with Gasteiger partial charge in [-0.1, -0.05) is 18.7 Å². The number of aryl methyl sites for hydroxylation is 1. The summed E-state index contributed by atoms with van der Waals surface area (Å²) in [6, 6.07) is 5.45. The van der Waals surface area contributed by atoms with Gasteiger partial charge in [0, 0.05) is 27.9 Å². The van der Waals surface area contributed by atoms with Crippen LogP contribution in [0.15, 0.2) is 23.2 Å². The molecule has 3 aliphatic rings. The number of anilines is 1. The molecule has 6 rings (SSSR count). The molecule has 3 heterocycles. The molecule has 1 atom stereocenters. The highest BCUT2D eigenvalue weighted by molar-refractivity contribution is 8.00. The minimum absolute atomic E-state index is 0.0543. The van der Waals surface area contributed by atoms with Crippen LogP contribution >= 0.6 is 23.1 Å². The van der Waals surface area contributed by atoms with Crippen molar-refractivity contribution < 1.29 is 14.3 Å². The lowest BCUT2D eigenvalue weighted by Gasteiger charge is -2.18. The molecule has 2 aliphatic carbocycles. The summed E-state index contributed by atoms with van der Waals surface area (Å²) in [6.45, 7) is 2.55. The molecule has 2 aromatic heterocycles. The first-order valence-corrected chi connectivity index (χ1v) is 12.6. The lowest BCUT2D eigenvalue weighted by atomic mass is 9.89. The van der Waals surface area contributed by atoms with E-state index in [4.69, 9.17) is 19.4 Å². The topological polar surface area (TPSA) is 73.3 Å². The van der Waals surface area contributed by atoms with Gasteiger partial charge in [0.05, 0.1) is 5.75 Å². The Bertz CT molecular complexity index is 1190. The number of thiophene rings is 1. The summed E-state index contributed by atoms with van der Waals surface area (Å²) >= 11 is 3.36. The molecule has 1 saturated carbocycles. The van der Waals surface area contributed by atoms with Gasteiger partial charge in [0.2, 0.25) is 12.7 Å². The number of carbonyl (C=O) groups is 1. The monoisotopic (exact) mass is 453 g/mol. The van der Waals surface area contributed by atoms with Gasteiger partial charge in [0.1, 0.15) is 15.7 Å². The number of hydrogen-bond donors (Lipinski definition) is 1. The molecule has 0 spiro atoms. The van der Waals surface area contributed by atoms with Crippen LogP contribution in [0.25, 0.3) is 10.2 Å². The van der Waals surface area contributed by atoms with Gasteiger partial charge in [-0.15, -0.1) is 11.3 Å². The Morgan fingerprint density at radius 2 is 2.10 bits per heavy atom. The van der Waals surface area contributed by atoms with Crippen LogP contribution in [-0.4, -0.2) is 28.4 Å². The smallest absolute Gasteiger partial charge is 0.234 e. The summed E-state index contributed by atoms with van der Waals surface area (Å²) in [5, 5.41) is 5.13. The van der Waals surface area contributed by atoms with Crippen LogP contribution < -0.4 is 14.8 Å². The van der Waals surface area contributed by atoms with Crippen molar-refractivity contribution in [3.05, 3.63) is 34.5 Å². The average molecular weight is 454 g/mol. The predicted octanol–water partition coefficient (Wildman–Crippen LogP) is 5.15. The summed E-state index contributed by atoms with van der Waals surface area (Å²) in [7, 11) is 0. The SMILES string of the molecule is CC1CCc2c(sc3nc(C4CC4)nc(SCC(=O)Nc4ccc5c(c4)OCO5)c23)C1. The van der Waals surface area contributed by atoms with Crippen molar-refractivity contribution >= 4 is 44.9 Å². The van der Waals surface area contributed by atoms with Gasteiger partial charge in [0.25, 0.3) is 0 Å². The molecule has 3 aromatic rings. The van der Waals surface area contributed by atoms with E-state index in [1.807, 2.05) is 23.5 Å². The number of benzene rings is 1. The van der Waals surface area contributed by atoms with Gasteiger partial charge >= 0.3 is 0 Å². The first-order chi connectivity index (χ1) is 15.1. The third-order valence-electron chi connectivity index (χ3n) is 6.08. The summed E-state index contributed by atoms with van der Waals surface area (Å²) < 4.78 is 10.7. The summed E-state index contributed by atoms with van der Waals surface area (Å²) in [4.78, 5) is 25.1. The fourth-order valence-corrected chi connectivity index (χ4v) is 6.58. The molecular weight excluding hydrogens is 430 g/mol. The van der Waals surface area contributed by atoms with Crippen LogP contribution in [0, 0.1) is 5.92 Å². The molecular formula is C23H23N3O3S2. The number of nitrogens with one attached hydrogen (secondary N) is 1. The Balaban J connectivity index is 1.24. The summed E-state index contributed by atoms with van der Waals surface area (Å²) in [6.07, 6.45) is 5.76. The summed E-state index contributed by atoms with van der Waals surface area (Å²) in [5.74, 6) is 3.80. The number of amides is 1. The van der Waals surface area contributed by atoms with Crippen LogP contribution in [0.5, 0.6) is 11.5 Å². The third-order valence-corrected chi connectivity index (χ3v) is 8.20. The van der Waals surface area contributed by atoms with Gasteiger partial charge in [-0.05, 0) is 55.7 Å². The van der Waals surface area contributed by atoms with Gasteiger partial charge < -0.3 is 14.8 Å². The van der Waals surface area contributed by atoms with Crippen molar-refractivity contribution in [3.8, 4) is 11.5 Å². The van der Waals surface area contributed by atoms with E-state index in [2.05, 4.69) is 12.2 Å². The molecule has 1 fully saturated rings. The zero-order valence-electron chi connectivity index (χ0n) is 17.3. The van der Waals surface area contributed by atoms with Crippen molar-refractivity contribution in [1.82, 2.24) is 9.97 Å². The van der Waals surface area contributed by atoms with E-state index in [0.29, 0.717) is 28.9 Å². The zero-order chi connectivity index (χ0) is 20.9. The van der Waals surface area contributed by atoms with Crippen LogP contribution in [0.2, 0.25) is 0 Å². The van der Waals surface area contributed by atoms with E-state index in [1.165, 1.54) is 46.9 Å². The first kappa shape index (κ1) is 19.4. The van der Waals surface area contributed by atoms with Crippen LogP contribution in [-0.2, 0) is 17.6 Å². The number of rotatable bonds is 5. The molecule has 1 amide bonds. The maximum Gasteiger partial charge on any atom is 0.234 e. The molecule has 0 saturated heterocycles. The van der Waals surface area contributed by atoms with E-state index < -0.39 is 0 Å². The predicted molar refractivity (Wildman–Crippen MR) is 122 cm³/mol. The number of carbonyl (C=O) groups excluding carboxylic acids is 1. The lowest BCUT2D eigenvalue weighted by Crippen LogP contribution is -2.14. The molecule has 31 heavy (non-hydrogen) atoms. The Morgan fingerprint density at radius 1 is 1.23 bits per heavy atom. The second-order valence-electron chi connectivity index (χ2n) is 8.60. The van der Waals surface area contributed by atoms with Crippen molar-refractivity contribution in [1.29, 1.82) is 0 Å². The molecule has 6 nitrogen and oxygen atoms in total. The van der Waals surface area contributed by atoms with E-state index in [0.717, 1.165) is 34.4 Å². The maximum atomic E-state index is 12.7. The number of hydrogen-bond acceptors (Lipinski definition) is 7. The maximum absolute atomic E-state index is 12.7. The Hall–Kier alpha value is -2.32. The molecule has 0 bridgehead atoms. The van der Waals surface area contributed by atoms with E-state index in [1.54, 1.807) is 6.07 Å². The zero-order valence-corrected chi connectivity index (χ0v) is 18.9. The average Bonchev–Trinajstić information content (AvgIpc) is 3.39. The van der Waals surface area contributed by atoms with E-state index >= 15 is 0 Å². The number of nitrogens with zero attached hydrogens (tertiary/aromatic N) is 2. The van der Waals surface area contributed by atoms with E-state index in [9.17, 15) is 4.79 Å². The minimum Gasteiger partial charge on any atom is -0.454 e. The largest absolute Gasteiger partial charge is 0.454 e. The third kappa shape index (κ3) is 3.76. The molecule has 160 valence electrons. The second-order valence-corrected chi connectivity index (χ2v) is 10.6. The van der Waals surface area contributed by atoms with Gasteiger partial charge in [-0.3, -0.25) is 4.79 Å². The quantitative estimate of drug-likeness (QED) is 0.425. The minimum atomic E-state index is -0.0543. The molecule has 0 radical (unpaired) electrons. The number of thioether (sulfide) groups is 1. The number of aromatic nitrogens is 2. The Labute approximate surface area is 188 Å². The van der Waals surface area contributed by atoms with Crippen LogP contribution in [0.3, 0.4) is 0 Å². The van der Waals surface area contributed by atoms with Crippen molar-refractivity contribution in [2.45, 2.75) is 50.0 Å². The Kier molecular flexibility index (Phi) is 4.79. The van der Waals surface area contributed by atoms with Gasteiger partial charge in [-0.2, -0.15) is 0 Å². The molecule has 1 aliphatic heterocycles. The van der Waals surface area contributed by atoms with E-state index in [-0.39, 0.29) is 12.7 Å². The normalized spacial score (nSPS) is 19.5. The fraction of sp³-hybridized carbons (Fsp3) is 0.435. The fourth-order valence-electron chi connectivity index (χ4n) is 4.26. The van der Waals surface area contributed by atoms with Crippen LogP contribution in [0.1, 0.15) is 48.4 Å². The van der Waals surface area contributed by atoms with Crippen molar-refractivity contribution in [2.24, 2.45) is 5.92 Å². The second kappa shape index (κ2) is 7.67. The highest BCUT2D eigenvalue weighted by Gasteiger charge is 2.30. The van der Waals surface area contributed by atoms with Crippen molar-refractivity contribution in [3.63, 3.8) is 0 Å². The summed E-state index contributed by atoms with van der Waals surface area (Å²) in [5.41, 5.74) is 2.13. The standard InChI is InChI=1S/C23H23N3O3S2/c1-12-2-6-15-18(8-12)31-23-20(15)22(25-21(26-23)13-3-4-13)30-10-19(27)24-14-5-7-16-17(9-14)29-11-28-16/h5,7,9,12-13H,2-4,6,8,10-11H2,1H3,(H,24,27). The highest BCUT2D eigenvalue weighted by atomic mass is 32.2. The highest BCUT2D eigenvalue weighted by Crippen LogP contribution is 2.44. The van der Waals surface area contributed by atoms with Crippen molar-refractivity contribution in [2.75, 3.05) is 17.9 Å². The van der Waals surface area contributed by atoms with Crippen LogP contribution in [0.4, 0.5) is 5.69 Å². The Morgan fingerprint density at radius 3 is 2.97 bits per heavy atom. The molecule has 1 unspecified atom stereocenters. The molecule has 8 heteroatoms. The van der Waals surface area contributed by atoms with Gasteiger partial charge in [-0.25, -0.2) is 9.97 Å².